The van der Waals surface area contributed by atoms with E-state index in [1.807, 2.05) is 0 Å². The Kier molecular flexibility index (Phi) is 6.02. The molecule has 0 atom stereocenters. The first-order chi connectivity index (χ1) is 10.2. The molecule has 2 N–H and O–H groups in total. The molecule has 4 nitrogen and oxygen atoms in total. The maximum atomic E-state index is 11.6. The highest BCUT2D eigenvalue weighted by Gasteiger charge is 2.03. The molecule has 0 amide bonds. The maximum Gasteiger partial charge on any atom is 0.251 e. The van der Waals surface area contributed by atoms with Crippen molar-refractivity contribution in [3.05, 3.63) is 51.9 Å². The van der Waals surface area contributed by atoms with Gasteiger partial charge in [-0.05, 0) is 30.7 Å². The Morgan fingerprint density at radius 1 is 1.24 bits per heavy atom. The lowest BCUT2D eigenvalue weighted by atomic mass is 10.2. The molecule has 0 fully saturated rings. The van der Waals surface area contributed by atoms with Gasteiger partial charge in [-0.15, -0.1) is 0 Å². The third-order valence-electron chi connectivity index (χ3n) is 3.00. The second-order valence-corrected chi connectivity index (χ2v) is 5.88. The Morgan fingerprint density at radius 2 is 2.00 bits per heavy atom. The molecule has 0 radical (unpaired) electrons. The van der Waals surface area contributed by atoms with Gasteiger partial charge in [0, 0.05) is 23.2 Å². The van der Waals surface area contributed by atoms with Gasteiger partial charge in [0.25, 0.3) is 5.56 Å². The molecule has 0 aliphatic heterocycles. The van der Waals surface area contributed by atoms with Crippen LogP contribution in [-0.4, -0.2) is 16.5 Å². The SMILES string of the molecule is CCCc1cc(=O)[nH]c(Sc2ccc(CNCC)cc2)n1. The summed E-state index contributed by atoms with van der Waals surface area (Å²) in [4.78, 5) is 20.0. The zero-order valence-electron chi connectivity index (χ0n) is 12.5. The minimum atomic E-state index is -0.0836. The van der Waals surface area contributed by atoms with Crippen LogP contribution in [0.2, 0.25) is 0 Å². The van der Waals surface area contributed by atoms with E-state index < -0.39 is 0 Å². The molecular formula is C16H21N3OS. The smallest absolute Gasteiger partial charge is 0.251 e. The molecule has 0 aliphatic rings. The van der Waals surface area contributed by atoms with Gasteiger partial charge in [-0.25, -0.2) is 4.98 Å². The van der Waals surface area contributed by atoms with Crippen molar-refractivity contribution in [3.63, 3.8) is 0 Å². The molecule has 0 saturated carbocycles. The predicted octanol–water partition coefficient (Wildman–Crippen LogP) is 2.98. The Bertz CT molecular complexity index is 622. The Labute approximate surface area is 129 Å². The van der Waals surface area contributed by atoms with E-state index in [4.69, 9.17) is 0 Å². The van der Waals surface area contributed by atoms with E-state index in [2.05, 4.69) is 53.4 Å². The minimum Gasteiger partial charge on any atom is -0.313 e. The van der Waals surface area contributed by atoms with E-state index in [0.717, 1.165) is 36.5 Å². The summed E-state index contributed by atoms with van der Waals surface area (Å²) >= 11 is 1.49. The Hall–Kier alpha value is -1.59. The van der Waals surface area contributed by atoms with Crippen LogP contribution in [0.15, 0.2) is 45.2 Å². The highest BCUT2D eigenvalue weighted by Crippen LogP contribution is 2.24. The summed E-state index contributed by atoms with van der Waals surface area (Å²) in [5.74, 6) is 0. The standard InChI is InChI=1S/C16H21N3OS/c1-3-5-13-10-15(20)19-16(18-13)21-14-8-6-12(7-9-14)11-17-4-2/h6-10,17H,3-5,11H2,1-2H3,(H,18,19,20). The summed E-state index contributed by atoms with van der Waals surface area (Å²) in [6, 6.07) is 9.89. The van der Waals surface area contributed by atoms with Gasteiger partial charge < -0.3 is 10.3 Å². The van der Waals surface area contributed by atoms with E-state index in [9.17, 15) is 4.79 Å². The molecule has 0 bridgehead atoms. The molecule has 0 unspecified atom stereocenters. The fourth-order valence-electron chi connectivity index (χ4n) is 1.97. The normalized spacial score (nSPS) is 10.8. The fraction of sp³-hybridized carbons (Fsp3) is 0.375. The number of rotatable bonds is 7. The average molecular weight is 303 g/mol. The van der Waals surface area contributed by atoms with E-state index in [1.165, 1.54) is 17.3 Å². The van der Waals surface area contributed by atoms with Gasteiger partial charge in [0.05, 0.1) is 0 Å². The zero-order valence-corrected chi connectivity index (χ0v) is 13.3. The molecule has 1 aromatic carbocycles. The van der Waals surface area contributed by atoms with Crippen molar-refractivity contribution in [2.75, 3.05) is 6.54 Å². The van der Waals surface area contributed by atoms with Gasteiger partial charge in [-0.1, -0.05) is 44.2 Å². The van der Waals surface area contributed by atoms with Crippen LogP contribution in [0.4, 0.5) is 0 Å². The maximum absolute atomic E-state index is 11.6. The van der Waals surface area contributed by atoms with Gasteiger partial charge in [0.2, 0.25) is 0 Å². The highest BCUT2D eigenvalue weighted by atomic mass is 32.2. The van der Waals surface area contributed by atoms with Gasteiger partial charge in [0.15, 0.2) is 5.16 Å². The fourth-order valence-corrected chi connectivity index (χ4v) is 2.78. The van der Waals surface area contributed by atoms with Crippen LogP contribution in [-0.2, 0) is 13.0 Å². The van der Waals surface area contributed by atoms with Gasteiger partial charge in [0.1, 0.15) is 0 Å². The second kappa shape index (κ2) is 8.00. The van der Waals surface area contributed by atoms with Crippen LogP contribution in [0.5, 0.6) is 0 Å². The highest BCUT2D eigenvalue weighted by molar-refractivity contribution is 7.99. The molecule has 112 valence electrons. The number of H-pyrrole nitrogens is 1. The first kappa shape index (κ1) is 15.8. The first-order valence-corrected chi connectivity index (χ1v) is 8.10. The molecule has 21 heavy (non-hydrogen) atoms. The van der Waals surface area contributed by atoms with Crippen LogP contribution in [0.1, 0.15) is 31.5 Å². The summed E-state index contributed by atoms with van der Waals surface area (Å²) in [5.41, 5.74) is 2.02. The molecule has 2 rings (SSSR count). The third kappa shape index (κ3) is 5.02. The lowest BCUT2D eigenvalue weighted by molar-refractivity contribution is 0.726. The summed E-state index contributed by atoms with van der Waals surface area (Å²) in [6.07, 6.45) is 1.82. The van der Waals surface area contributed by atoms with Crippen LogP contribution >= 0.6 is 11.8 Å². The second-order valence-electron chi connectivity index (χ2n) is 4.82. The number of aromatic nitrogens is 2. The monoisotopic (exact) mass is 303 g/mol. The van der Waals surface area contributed by atoms with Crippen molar-refractivity contribution in [3.8, 4) is 0 Å². The van der Waals surface area contributed by atoms with E-state index in [1.54, 1.807) is 6.07 Å². The number of aryl methyl sites for hydroxylation is 1. The molecule has 0 aliphatic carbocycles. The molecule has 0 spiro atoms. The third-order valence-corrected chi connectivity index (χ3v) is 3.89. The van der Waals surface area contributed by atoms with E-state index in [0.29, 0.717) is 5.16 Å². The van der Waals surface area contributed by atoms with E-state index >= 15 is 0 Å². The quantitative estimate of drug-likeness (QED) is 0.772. The Balaban J connectivity index is 2.08. The van der Waals surface area contributed by atoms with Crippen molar-refractivity contribution in [1.82, 2.24) is 15.3 Å². The summed E-state index contributed by atoms with van der Waals surface area (Å²) in [5, 5.41) is 3.95. The molecule has 2 aromatic rings. The van der Waals surface area contributed by atoms with E-state index in [-0.39, 0.29) is 5.56 Å². The van der Waals surface area contributed by atoms with Crippen molar-refractivity contribution in [1.29, 1.82) is 0 Å². The van der Waals surface area contributed by atoms with Gasteiger partial charge in [-0.3, -0.25) is 4.79 Å². The van der Waals surface area contributed by atoms with Crippen molar-refractivity contribution in [2.45, 2.75) is 43.3 Å². The van der Waals surface area contributed by atoms with Crippen LogP contribution in [0, 0.1) is 0 Å². The Morgan fingerprint density at radius 3 is 2.67 bits per heavy atom. The summed E-state index contributed by atoms with van der Waals surface area (Å²) in [7, 11) is 0. The van der Waals surface area contributed by atoms with Crippen molar-refractivity contribution < 1.29 is 0 Å². The van der Waals surface area contributed by atoms with Crippen LogP contribution in [0.25, 0.3) is 0 Å². The number of hydrogen-bond acceptors (Lipinski definition) is 4. The zero-order chi connectivity index (χ0) is 15.1. The number of benzene rings is 1. The number of nitrogens with zero attached hydrogens (tertiary/aromatic N) is 1. The largest absolute Gasteiger partial charge is 0.313 e. The summed E-state index contributed by atoms with van der Waals surface area (Å²) in [6.45, 7) is 6.02. The van der Waals surface area contributed by atoms with Gasteiger partial charge in [-0.2, -0.15) is 0 Å². The minimum absolute atomic E-state index is 0.0836. The lowest BCUT2D eigenvalue weighted by Crippen LogP contribution is -2.11. The van der Waals surface area contributed by atoms with Crippen LogP contribution in [0.3, 0.4) is 0 Å². The number of nitrogens with one attached hydrogen (secondary N) is 2. The molecule has 1 heterocycles. The van der Waals surface area contributed by atoms with Crippen molar-refractivity contribution >= 4 is 11.8 Å². The van der Waals surface area contributed by atoms with Crippen LogP contribution < -0.4 is 10.9 Å². The lowest BCUT2D eigenvalue weighted by Gasteiger charge is -2.05. The first-order valence-electron chi connectivity index (χ1n) is 7.29. The molecule has 0 saturated heterocycles. The average Bonchev–Trinajstić information content (AvgIpc) is 2.46. The number of hydrogen-bond donors (Lipinski definition) is 2. The predicted molar refractivity (Wildman–Crippen MR) is 86.8 cm³/mol. The molecule has 5 heteroatoms. The molecule has 1 aromatic heterocycles. The summed E-state index contributed by atoms with van der Waals surface area (Å²) < 4.78 is 0. The number of aromatic amines is 1. The van der Waals surface area contributed by atoms with Crippen molar-refractivity contribution in [2.24, 2.45) is 0 Å². The topological polar surface area (TPSA) is 57.8 Å². The van der Waals surface area contributed by atoms with Gasteiger partial charge >= 0.3 is 0 Å². The molecular weight excluding hydrogens is 282 g/mol.